The molecule has 0 aromatic carbocycles. The van der Waals surface area contributed by atoms with Crippen LogP contribution in [0.3, 0.4) is 0 Å². The topological polar surface area (TPSA) is 35.6 Å². The molecule has 1 N–H and O–H groups in total. The van der Waals surface area contributed by atoms with Gasteiger partial charge in [-0.05, 0) is 46.1 Å². The number of nitrogens with one attached hydrogen (secondary N) is 1. The van der Waals surface area contributed by atoms with Gasteiger partial charge in [-0.2, -0.15) is 0 Å². The number of halogens is 2. The molecule has 2 fully saturated rings. The standard InChI is InChI=1S/C15H29N3O.2ClH/c1-12(2)18-10-7-13(8-11-18)17(3)15(19)14-6-4-5-9-16-14;;/h12-14,16H,4-11H2,1-3H3;2*1H. The van der Waals surface area contributed by atoms with Crippen LogP contribution in [0.4, 0.5) is 0 Å². The van der Waals surface area contributed by atoms with Gasteiger partial charge in [0, 0.05) is 32.2 Å². The summed E-state index contributed by atoms with van der Waals surface area (Å²) in [4.78, 5) is 17.0. The summed E-state index contributed by atoms with van der Waals surface area (Å²) in [5, 5.41) is 3.36. The van der Waals surface area contributed by atoms with E-state index in [2.05, 4.69) is 24.1 Å². The third kappa shape index (κ3) is 5.59. The zero-order valence-electron chi connectivity index (χ0n) is 13.5. The van der Waals surface area contributed by atoms with Gasteiger partial charge in [-0.25, -0.2) is 0 Å². The fourth-order valence-corrected chi connectivity index (χ4v) is 3.28. The first kappa shape index (κ1) is 21.0. The van der Waals surface area contributed by atoms with Crippen molar-refractivity contribution in [2.24, 2.45) is 0 Å². The maximum Gasteiger partial charge on any atom is 0.239 e. The molecule has 0 bridgehead atoms. The van der Waals surface area contributed by atoms with E-state index in [-0.39, 0.29) is 30.9 Å². The molecule has 2 aliphatic heterocycles. The molecule has 4 nitrogen and oxygen atoms in total. The lowest BCUT2D eigenvalue weighted by Crippen LogP contribution is -2.53. The number of likely N-dealkylation sites (N-methyl/N-ethyl adjacent to an activating group) is 1. The van der Waals surface area contributed by atoms with Crippen molar-refractivity contribution in [3.63, 3.8) is 0 Å². The highest BCUT2D eigenvalue weighted by molar-refractivity contribution is 5.85. The molecule has 1 unspecified atom stereocenters. The van der Waals surface area contributed by atoms with Gasteiger partial charge < -0.3 is 15.1 Å². The zero-order valence-corrected chi connectivity index (χ0v) is 15.1. The molecule has 2 heterocycles. The smallest absolute Gasteiger partial charge is 0.239 e. The minimum atomic E-state index is 0. The van der Waals surface area contributed by atoms with Gasteiger partial charge in [0.15, 0.2) is 0 Å². The molecule has 2 saturated heterocycles. The Balaban J connectivity index is 0.00000200. The first-order valence-electron chi connectivity index (χ1n) is 7.83. The van der Waals surface area contributed by atoms with E-state index in [1.165, 1.54) is 12.8 Å². The molecule has 0 aromatic rings. The third-order valence-corrected chi connectivity index (χ3v) is 4.73. The van der Waals surface area contributed by atoms with Crippen molar-refractivity contribution in [2.75, 3.05) is 26.7 Å². The third-order valence-electron chi connectivity index (χ3n) is 4.73. The average Bonchev–Trinajstić information content (AvgIpc) is 2.46. The Labute approximate surface area is 141 Å². The van der Waals surface area contributed by atoms with E-state index in [4.69, 9.17) is 0 Å². The number of hydrogen-bond donors (Lipinski definition) is 1. The molecule has 6 heteroatoms. The Morgan fingerprint density at radius 1 is 1.14 bits per heavy atom. The summed E-state index contributed by atoms with van der Waals surface area (Å²) in [6.07, 6.45) is 5.64. The Morgan fingerprint density at radius 3 is 2.24 bits per heavy atom. The van der Waals surface area contributed by atoms with E-state index >= 15 is 0 Å². The monoisotopic (exact) mass is 339 g/mol. The SMILES string of the molecule is CC(C)N1CCC(N(C)C(=O)C2CCCCN2)CC1.Cl.Cl. The van der Waals surface area contributed by atoms with Crippen LogP contribution in [0.25, 0.3) is 0 Å². The molecule has 2 rings (SSSR count). The van der Waals surface area contributed by atoms with E-state index < -0.39 is 0 Å². The molecular weight excluding hydrogens is 309 g/mol. The second kappa shape index (κ2) is 9.88. The van der Waals surface area contributed by atoms with Gasteiger partial charge in [0.1, 0.15) is 0 Å². The van der Waals surface area contributed by atoms with E-state index in [1.54, 1.807) is 0 Å². The number of likely N-dealkylation sites (tertiary alicyclic amines) is 1. The van der Waals surface area contributed by atoms with Crippen molar-refractivity contribution in [1.82, 2.24) is 15.1 Å². The maximum atomic E-state index is 12.5. The van der Waals surface area contributed by atoms with Gasteiger partial charge in [-0.15, -0.1) is 24.8 Å². The molecule has 0 aliphatic carbocycles. The average molecular weight is 340 g/mol. The van der Waals surface area contributed by atoms with Gasteiger partial charge in [-0.1, -0.05) is 6.42 Å². The molecule has 1 amide bonds. The normalized spacial score (nSPS) is 24.1. The maximum absolute atomic E-state index is 12.5. The Hall–Kier alpha value is -0.0300. The predicted octanol–water partition coefficient (Wildman–Crippen LogP) is 2.30. The summed E-state index contributed by atoms with van der Waals surface area (Å²) in [5.74, 6) is 0.308. The number of nitrogens with zero attached hydrogens (tertiary/aromatic N) is 2. The van der Waals surface area contributed by atoms with Crippen molar-refractivity contribution >= 4 is 30.7 Å². The van der Waals surface area contributed by atoms with Gasteiger partial charge in [-0.3, -0.25) is 4.79 Å². The second-order valence-corrected chi connectivity index (χ2v) is 6.31. The van der Waals surface area contributed by atoms with E-state index in [0.717, 1.165) is 38.9 Å². The van der Waals surface area contributed by atoms with Gasteiger partial charge >= 0.3 is 0 Å². The van der Waals surface area contributed by atoms with Crippen molar-refractivity contribution in [3.8, 4) is 0 Å². The summed E-state index contributed by atoms with van der Waals surface area (Å²) in [6.45, 7) is 7.74. The van der Waals surface area contributed by atoms with Crippen LogP contribution in [0.5, 0.6) is 0 Å². The lowest BCUT2D eigenvalue weighted by molar-refractivity contribution is -0.135. The van der Waals surface area contributed by atoms with Gasteiger partial charge in [0.05, 0.1) is 6.04 Å². The minimum absolute atomic E-state index is 0. The summed E-state index contributed by atoms with van der Waals surface area (Å²) in [7, 11) is 1.99. The van der Waals surface area contributed by atoms with Crippen LogP contribution in [-0.4, -0.2) is 60.5 Å². The first-order valence-corrected chi connectivity index (χ1v) is 7.83. The highest BCUT2D eigenvalue weighted by Crippen LogP contribution is 2.19. The highest BCUT2D eigenvalue weighted by atomic mass is 35.5. The lowest BCUT2D eigenvalue weighted by Gasteiger charge is -2.40. The Morgan fingerprint density at radius 2 is 1.76 bits per heavy atom. The summed E-state index contributed by atoms with van der Waals surface area (Å²) >= 11 is 0. The summed E-state index contributed by atoms with van der Waals surface area (Å²) in [5.41, 5.74) is 0. The van der Waals surface area contributed by atoms with Crippen LogP contribution in [0, 0.1) is 0 Å². The second-order valence-electron chi connectivity index (χ2n) is 6.31. The zero-order chi connectivity index (χ0) is 13.8. The van der Waals surface area contributed by atoms with Crippen LogP contribution >= 0.6 is 24.8 Å². The molecule has 0 saturated carbocycles. The molecule has 0 spiro atoms. The number of piperidine rings is 2. The van der Waals surface area contributed by atoms with Crippen molar-refractivity contribution in [1.29, 1.82) is 0 Å². The number of carbonyl (C=O) groups excluding carboxylic acids is 1. The fraction of sp³-hybridized carbons (Fsp3) is 0.933. The molecule has 126 valence electrons. The van der Waals surface area contributed by atoms with E-state index in [1.807, 2.05) is 11.9 Å². The van der Waals surface area contributed by atoms with Crippen LogP contribution in [0.15, 0.2) is 0 Å². The summed E-state index contributed by atoms with van der Waals surface area (Å²) in [6, 6.07) is 1.13. The quantitative estimate of drug-likeness (QED) is 0.856. The molecule has 0 aromatic heterocycles. The highest BCUT2D eigenvalue weighted by Gasteiger charge is 2.30. The number of carbonyl (C=O) groups is 1. The van der Waals surface area contributed by atoms with Crippen LogP contribution in [0.1, 0.15) is 46.0 Å². The fourth-order valence-electron chi connectivity index (χ4n) is 3.28. The molecule has 1 atom stereocenters. The Bertz CT molecular complexity index is 301. The largest absolute Gasteiger partial charge is 0.341 e. The van der Waals surface area contributed by atoms with Crippen molar-refractivity contribution in [3.05, 3.63) is 0 Å². The van der Waals surface area contributed by atoms with Crippen LogP contribution in [-0.2, 0) is 4.79 Å². The van der Waals surface area contributed by atoms with Gasteiger partial charge in [0.2, 0.25) is 5.91 Å². The van der Waals surface area contributed by atoms with Crippen molar-refractivity contribution < 1.29 is 4.79 Å². The molecule has 0 radical (unpaired) electrons. The minimum Gasteiger partial charge on any atom is -0.341 e. The summed E-state index contributed by atoms with van der Waals surface area (Å²) < 4.78 is 0. The lowest BCUT2D eigenvalue weighted by atomic mass is 9.99. The number of rotatable bonds is 3. The predicted molar refractivity (Wildman–Crippen MR) is 92.6 cm³/mol. The Kier molecular flexibility index (Phi) is 9.87. The number of amides is 1. The molecular formula is C15H31Cl2N3O. The van der Waals surface area contributed by atoms with Crippen LogP contribution < -0.4 is 5.32 Å². The van der Waals surface area contributed by atoms with E-state index in [0.29, 0.717) is 18.0 Å². The van der Waals surface area contributed by atoms with E-state index in [9.17, 15) is 4.79 Å². The van der Waals surface area contributed by atoms with Crippen molar-refractivity contribution in [2.45, 2.75) is 64.1 Å². The van der Waals surface area contributed by atoms with Crippen LogP contribution in [0.2, 0.25) is 0 Å². The molecule has 21 heavy (non-hydrogen) atoms. The molecule has 2 aliphatic rings. The number of hydrogen-bond acceptors (Lipinski definition) is 3. The van der Waals surface area contributed by atoms with Gasteiger partial charge in [0.25, 0.3) is 0 Å². The first-order chi connectivity index (χ1) is 9.09.